The van der Waals surface area contributed by atoms with Gasteiger partial charge in [-0.15, -0.1) is 0 Å². The third kappa shape index (κ3) is 17.9. The van der Waals surface area contributed by atoms with Crippen molar-refractivity contribution in [3.05, 3.63) is 98.1 Å². The first-order chi connectivity index (χ1) is 33.7. The lowest BCUT2D eigenvalue weighted by Gasteiger charge is -2.42. The standard InChI is InChI=1S/C18H25N3.C14H23N3.C13H22N4.C12H20N4/c1-18(2,3)21-12-9-14(10-13-21)20-17-8-11-19-16-7-5-4-6-15(16)17;1-14(2,3)17-10-6-13(7-11-17)16-12-4-8-15-9-5-12;1-13(2,3)17-8-5-11(6-9-17)16-12-4-7-14-10-15-12;1-12(2,3)16-9-7-15(8-10-16)11-13-5-4-6-14-11/h4-8,11,14H,9-10,12-13H2,1-3H3,(H,19,20);4-5,8-9,13H,6-7,10-11H2,1-3H3,(H,15,16);4,7,10-11H,5-6,8-9H2,1-3H3,(H,14,15,16);4-6H,7-10H2,1-3H3. The highest BCUT2D eigenvalue weighted by Gasteiger charge is 2.30. The van der Waals surface area contributed by atoms with Crippen LogP contribution < -0.4 is 20.9 Å². The van der Waals surface area contributed by atoms with E-state index in [0.717, 1.165) is 56.6 Å². The van der Waals surface area contributed by atoms with Crippen molar-refractivity contribution in [2.75, 3.05) is 86.3 Å². The summed E-state index contributed by atoms with van der Waals surface area (Å²) in [5, 5.41) is 12.0. The molecule has 4 aliphatic rings. The van der Waals surface area contributed by atoms with E-state index in [0.29, 0.717) is 29.2 Å². The van der Waals surface area contributed by atoms with Crippen LogP contribution in [0.3, 0.4) is 0 Å². The van der Waals surface area contributed by atoms with Gasteiger partial charge in [0, 0.05) is 160 Å². The van der Waals surface area contributed by atoms with Crippen molar-refractivity contribution in [2.45, 2.75) is 162 Å². The largest absolute Gasteiger partial charge is 0.382 e. The summed E-state index contributed by atoms with van der Waals surface area (Å²) in [6.45, 7) is 38.7. The Bertz CT molecular complexity index is 2160. The monoisotopic (exact) mass is 971 g/mol. The van der Waals surface area contributed by atoms with Crippen molar-refractivity contribution in [3.8, 4) is 0 Å². The second-order valence-electron chi connectivity index (χ2n) is 23.6. The maximum Gasteiger partial charge on any atom is 0.225 e. The predicted molar refractivity (Wildman–Crippen MR) is 297 cm³/mol. The van der Waals surface area contributed by atoms with Crippen molar-refractivity contribution in [3.63, 3.8) is 0 Å². The predicted octanol–water partition coefficient (Wildman–Crippen LogP) is 10.2. The zero-order chi connectivity index (χ0) is 51.1. The SMILES string of the molecule is CC(C)(C)N1CCC(Nc2ccnc3ccccc23)CC1.CC(C)(C)N1CCC(Nc2ccncc2)CC1.CC(C)(C)N1CCC(Nc2ccncn2)CC1.CC(C)(C)N1CCN(c2ncccn2)CC1. The molecular formula is C57H90N14. The highest BCUT2D eigenvalue weighted by molar-refractivity contribution is 5.91. The summed E-state index contributed by atoms with van der Waals surface area (Å²) in [5.74, 6) is 1.80. The van der Waals surface area contributed by atoms with Crippen molar-refractivity contribution in [2.24, 2.45) is 0 Å². The van der Waals surface area contributed by atoms with E-state index < -0.39 is 0 Å². The fourth-order valence-corrected chi connectivity index (χ4v) is 9.83. The van der Waals surface area contributed by atoms with Crippen LogP contribution in [0.15, 0.2) is 98.1 Å². The number of aromatic nitrogens is 6. The second kappa shape index (κ2) is 25.6. The van der Waals surface area contributed by atoms with E-state index in [-0.39, 0.29) is 11.1 Å². The Morgan fingerprint density at radius 2 is 0.873 bits per heavy atom. The van der Waals surface area contributed by atoms with Gasteiger partial charge in [-0.05, 0) is 158 Å². The average Bonchev–Trinajstić information content (AvgIpc) is 3.35. The fourth-order valence-electron chi connectivity index (χ4n) is 9.83. The molecule has 8 heterocycles. The summed E-state index contributed by atoms with van der Waals surface area (Å²) >= 11 is 0. The Hall–Kier alpha value is -5.02. The molecule has 4 fully saturated rings. The number of pyridine rings is 2. The van der Waals surface area contributed by atoms with E-state index in [2.05, 4.69) is 178 Å². The third-order valence-corrected chi connectivity index (χ3v) is 14.4. The van der Waals surface area contributed by atoms with Gasteiger partial charge in [0.25, 0.3) is 0 Å². The zero-order valence-electron chi connectivity index (χ0n) is 45.7. The van der Waals surface area contributed by atoms with Gasteiger partial charge in [-0.1, -0.05) is 18.2 Å². The Morgan fingerprint density at radius 1 is 0.408 bits per heavy atom. The lowest BCUT2D eigenvalue weighted by Crippen LogP contribution is -2.53. The zero-order valence-corrected chi connectivity index (χ0v) is 45.7. The summed E-state index contributed by atoms with van der Waals surface area (Å²) in [7, 11) is 0. The van der Waals surface area contributed by atoms with Crippen molar-refractivity contribution >= 4 is 34.0 Å². The van der Waals surface area contributed by atoms with Crippen LogP contribution >= 0.6 is 0 Å². The molecule has 4 aromatic heterocycles. The number of nitrogens with one attached hydrogen (secondary N) is 3. The normalized spacial score (nSPS) is 18.8. The number of hydrogen-bond acceptors (Lipinski definition) is 14. The van der Waals surface area contributed by atoms with Crippen molar-refractivity contribution in [1.82, 2.24) is 49.5 Å². The molecule has 14 heteroatoms. The molecule has 71 heavy (non-hydrogen) atoms. The van der Waals surface area contributed by atoms with Gasteiger partial charge in [-0.3, -0.25) is 29.6 Å². The molecule has 0 spiro atoms. The minimum atomic E-state index is 0.267. The van der Waals surface area contributed by atoms with Crippen LogP contribution in [0.5, 0.6) is 0 Å². The molecular weight excluding hydrogens is 881 g/mol. The van der Waals surface area contributed by atoms with Crippen molar-refractivity contribution < 1.29 is 0 Å². The van der Waals surface area contributed by atoms with E-state index in [9.17, 15) is 0 Å². The number of para-hydroxylation sites is 1. The summed E-state index contributed by atoms with van der Waals surface area (Å²) in [6.07, 6.45) is 19.8. The quantitative estimate of drug-likeness (QED) is 0.143. The lowest BCUT2D eigenvalue weighted by atomic mass is 9.98. The minimum absolute atomic E-state index is 0.267. The van der Waals surface area contributed by atoms with Crippen LogP contribution in [0.2, 0.25) is 0 Å². The highest BCUT2D eigenvalue weighted by atomic mass is 15.3. The molecule has 0 atom stereocenters. The van der Waals surface area contributed by atoms with Gasteiger partial charge in [-0.2, -0.15) is 0 Å². The number of anilines is 4. The number of piperazine rings is 1. The van der Waals surface area contributed by atoms with Crippen LogP contribution in [0, 0.1) is 0 Å². The molecule has 14 nitrogen and oxygen atoms in total. The van der Waals surface area contributed by atoms with Gasteiger partial charge in [0.05, 0.1) is 5.52 Å². The van der Waals surface area contributed by atoms with E-state index in [4.69, 9.17) is 0 Å². The maximum absolute atomic E-state index is 4.43. The third-order valence-electron chi connectivity index (χ3n) is 14.4. The van der Waals surface area contributed by atoms with Crippen LogP contribution in [-0.4, -0.2) is 155 Å². The topological polar surface area (TPSA) is 130 Å². The smallest absolute Gasteiger partial charge is 0.225 e. The maximum atomic E-state index is 4.43. The highest BCUT2D eigenvalue weighted by Crippen LogP contribution is 2.27. The molecule has 4 aliphatic heterocycles. The number of likely N-dealkylation sites (tertiary alicyclic amines) is 3. The van der Waals surface area contributed by atoms with Gasteiger partial charge in [0.2, 0.25) is 5.95 Å². The Balaban J connectivity index is 0.000000156. The molecule has 1 aromatic carbocycles. The fraction of sp³-hybridized carbons (Fsp3) is 0.614. The molecule has 388 valence electrons. The molecule has 0 amide bonds. The molecule has 0 radical (unpaired) electrons. The van der Waals surface area contributed by atoms with Crippen molar-refractivity contribution in [1.29, 1.82) is 0 Å². The van der Waals surface area contributed by atoms with Gasteiger partial charge in [0.1, 0.15) is 12.1 Å². The summed E-state index contributed by atoms with van der Waals surface area (Å²) in [5.41, 5.74) is 4.62. The minimum Gasteiger partial charge on any atom is -0.382 e. The van der Waals surface area contributed by atoms with Crippen LogP contribution in [0.4, 0.5) is 23.1 Å². The summed E-state index contributed by atoms with van der Waals surface area (Å²) in [4.78, 5) is 37.6. The molecule has 9 rings (SSSR count). The second-order valence-corrected chi connectivity index (χ2v) is 23.6. The Morgan fingerprint density at radius 3 is 1.37 bits per heavy atom. The molecule has 0 saturated carbocycles. The number of benzene rings is 1. The number of rotatable bonds is 7. The number of fused-ring (bicyclic) bond motifs is 1. The number of nitrogens with zero attached hydrogens (tertiary/aromatic N) is 11. The molecule has 4 saturated heterocycles. The first kappa shape index (κ1) is 55.3. The Kier molecular flexibility index (Phi) is 19.9. The molecule has 0 aliphatic carbocycles. The van der Waals surface area contributed by atoms with Crippen LogP contribution in [0.25, 0.3) is 10.9 Å². The summed E-state index contributed by atoms with van der Waals surface area (Å²) in [6, 6.07) is 20.0. The Labute approximate surface area is 428 Å². The van der Waals surface area contributed by atoms with E-state index >= 15 is 0 Å². The molecule has 3 N–H and O–H groups in total. The van der Waals surface area contributed by atoms with E-state index in [1.54, 1.807) is 24.9 Å². The van der Waals surface area contributed by atoms with Gasteiger partial charge < -0.3 is 20.9 Å². The molecule has 0 bridgehead atoms. The van der Waals surface area contributed by atoms with E-state index in [1.165, 1.54) is 81.5 Å². The lowest BCUT2D eigenvalue weighted by molar-refractivity contribution is 0.106. The average molecular weight is 971 g/mol. The molecule has 0 unspecified atom stereocenters. The van der Waals surface area contributed by atoms with Gasteiger partial charge in [0.15, 0.2) is 0 Å². The number of piperidine rings is 3. The van der Waals surface area contributed by atoms with Gasteiger partial charge >= 0.3 is 0 Å². The van der Waals surface area contributed by atoms with Gasteiger partial charge in [-0.25, -0.2) is 19.9 Å². The molecule has 5 aromatic rings. The first-order valence-electron chi connectivity index (χ1n) is 26.5. The van der Waals surface area contributed by atoms with Crippen LogP contribution in [0.1, 0.15) is 122 Å². The number of hydrogen-bond donors (Lipinski definition) is 3. The summed E-state index contributed by atoms with van der Waals surface area (Å²) < 4.78 is 0. The van der Waals surface area contributed by atoms with E-state index in [1.807, 2.05) is 48.9 Å². The first-order valence-corrected chi connectivity index (χ1v) is 26.5. The van der Waals surface area contributed by atoms with Crippen LogP contribution in [-0.2, 0) is 0 Å².